The predicted molar refractivity (Wildman–Crippen MR) is 104 cm³/mol. The number of thiazole rings is 1. The number of halogens is 4. The zero-order valence-corrected chi connectivity index (χ0v) is 16.5. The molecular weight excluding hydrogens is 426 g/mol. The summed E-state index contributed by atoms with van der Waals surface area (Å²) in [6.07, 6.45) is -4.87. The third-order valence-corrected chi connectivity index (χ3v) is 4.66. The fourth-order valence-corrected chi connectivity index (χ4v) is 3.20. The van der Waals surface area contributed by atoms with Gasteiger partial charge in [0, 0.05) is 22.8 Å². The van der Waals surface area contributed by atoms with Crippen LogP contribution >= 0.6 is 11.3 Å². The van der Waals surface area contributed by atoms with E-state index in [4.69, 9.17) is 9.47 Å². The summed E-state index contributed by atoms with van der Waals surface area (Å²) in [5.41, 5.74) is -1.05. The maximum Gasteiger partial charge on any atom is 0.419 e. The molecule has 0 saturated carbocycles. The first-order valence-corrected chi connectivity index (χ1v) is 9.22. The number of carbonyl (C=O) groups excluding carboxylic acids is 1. The minimum absolute atomic E-state index is 0.0131. The Kier molecular flexibility index (Phi) is 6.11. The van der Waals surface area contributed by atoms with Gasteiger partial charge in [0.15, 0.2) is 16.6 Å². The van der Waals surface area contributed by atoms with Crippen LogP contribution in [0.25, 0.3) is 0 Å². The molecule has 6 nitrogen and oxygen atoms in total. The van der Waals surface area contributed by atoms with Gasteiger partial charge in [-0.05, 0) is 30.3 Å². The number of ether oxygens (including phenoxy) is 2. The SMILES string of the molecule is COc1ccc(Nc2nc(C(=O)Nc3ccc(F)c(C(F)(F)F)c3)cs2)cc1OC. The quantitative estimate of drug-likeness (QED) is 0.507. The third-order valence-electron chi connectivity index (χ3n) is 3.90. The summed E-state index contributed by atoms with van der Waals surface area (Å²) in [6.45, 7) is 0. The Morgan fingerprint density at radius 3 is 2.40 bits per heavy atom. The van der Waals surface area contributed by atoms with Gasteiger partial charge in [-0.15, -0.1) is 11.3 Å². The van der Waals surface area contributed by atoms with Gasteiger partial charge in [0.05, 0.1) is 19.8 Å². The van der Waals surface area contributed by atoms with Crippen molar-refractivity contribution in [2.45, 2.75) is 6.18 Å². The van der Waals surface area contributed by atoms with Crippen molar-refractivity contribution in [3.63, 3.8) is 0 Å². The number of carbonyl (C=O) groups is 1. The van der Waals surface area contributed by atoms with Gasteiger partial charge in [-0.2, -0.15) is 13.2 Å². The molecule has 30 heavy (non-hydrogen) atoms. The van der Waals surface area contributed by atoms with E-state index in [-0.39, 0.29) is 11.4 Å². The molecule has 3 rings (SSSR count). The Bertz CT molecular complexity index is 1070. The van der Waals surface area contributed by atoms with Gasteiger partial charge in [-0.1, -0.05) is 0 Å². The van der Waals surface area contributed by atoms with Crippen LogP contribution in [0.3, 0.4) is 0 Å². The fourth-order valence-electron chi connectivity index (χ4n) is 2.49. The van der Waals surface area contributed by atoms with Crippen molar-refractivity contribution < 1.29 is 31.8 Å². The molecule has 0 fully saturated rings. The van der Waals surface area contributed by atoms with Gasteiger partial charge in [0.2, 0.25) is 0 Å². The van der Waals surface area contributed by atoms with Crippen molar-refractivity contribution in [2.24, 2.45) is 0 Å². The molecule has 0 radical (unpaired) electrons. The van der Waals surface area contributed by atoms with Crippen LogP contribution in [-0.2, 0) is 6.18 Å². The van der Waals surface area contributed by atoms with E-state index in [1.54, 1.807) is 18.2 Å². The number of nitrogens with zero attached hydrogens (tertiary/aromatic N) is 1. The summed E-state index contributed by atoms with van der Waals surface area (Å²) in [5, 5.41) is 7.10. The highest BCUT2D eigenvalue weighted by atomic mass is 32.1. The Balaban J connectivity index is 1.73. The van der Waals surface area contributed by atoms with Crippen LogP contribution in [-0.4, -0.2) is 25.1 Å². The molecule has 0 unspecified atom stereocenters. The first kappa shape index (κ1) is 21.4. The second-order valence-corrected chi connectivity index (χ2v) is 6.74. The predicted octanol–water partition coefficient (Wildman–Crippen LogP) is 5.31. The molecule has 2 aromatic carbocycles. The third kappa shape index (κ3) is 4.79. The topological polar surface area (TPSA) is 72.5 Å². The molecule has 0 aliphatic carbocycles. The molecule has 0 saturated heterocycles. The number of rotatable bonds is 6. The van der Waals surface area contributed by atoms with Crippen LogP contribution in [0.5, 0.6) is 11.5 Å². The Morgan fingerprint density at radius 1 is 1.03 bits per heavy atom. The number of methoxy groups -OCH3 is 2. The van der Waals surface area contributed by atoms with Crippen molar-refractivity contribution in [3.8, 4) is 11.5 Å². The Morgan fingerprint density at radius 2 is 1.73 bits per heavy atom. The van der Waals surface area contributed by atoms with E-state index >= 15 is 0 Å². The van der Waals surface area contributed by atoms with Gasteiger partial charge in [-0.25, -0.2) is 9.37 Å². The minimum Gasteiger partial charge on any atom is -0.493 e. The summed E-state index contributed by atoms with van der Waals surface area (Å²) >= 11 is 1.12. The molecule has 1 heterocycles. The molecular formula is C19H15F4N3O3S. The van der Waals surface area contributed by atoms with Crippen LogP contribution in [0, 0.1) is 5.82 Å². The zero-order valence-electron chi connectivity index (χ0n) is 15.6. The molecule has 158 valence electrons. The van der Waals surface area contributed by atoms with Crippen molar-refractivity contribution in [3.05, 3.63) is 58.9 Å². The van der Waals surface area contributed by atoms with Gasteiger partial charge in [0.25, 0.3) is 5.91 Å². The second kappa shape index (κ2) is 8.57. The van der Waals surface area contributed by atoms with E-state index in [9.17, 15) is 22.4 Å². The number of benzene rings is 2. The largest absolute Gasteiger partial charge is 0.493 e. The number of aromatic nitrogens is 1. The number of hydrogen-bond acceptors (Lipinski definition) is 6. The average Bonchev–Trinajstić information content (AvgIpc) is 3.17. The van der Waals surface area contributed by atoms with Crippen LogP contribution in [0.4, 0.5) is 34.1 Å². The van der Waals surface area contributed by atoms with Crippen LogP contribution < -0.4 is 20.1 Å². The van der Waals surface area contributed by atoms with Crippen molar-refractivity contribution in [1.29, 1.82) is 0 Å². The molecule has 0 spiro atoms. The summed E-state index contributed by atoms with van der Waals surface area (Å²) in [6, 6.07) is 7.30. The van der Waals surface area contributed by atoms with Crippen molar-refractivity contribution in [1.82, 2.24) is 4.98 Å². The van der Waals surface area contributed by atoms with E-state index < -0.39 is 23.5 Å². The van der Waals surface area contributed by atoms with E-state index in [1.807, 2.05) is 0 Å². The first-order chi connectivity index (χ1) is 14.2. The molecule has 0 bridgehead atoms. The van der Waals surface area contributed by atoms with Crippen molar-refractivity contribution >= 4 is 33.8 Å². The van der Waals surface area contributed by atoms with Gasteiger partial charge < -0.3 is 20.1 Å². The Hall–Kier alpha value is -3.34. The molecule has 0 aliphatic rings. The summed E-state index contributed by atoms with van der Waals surface area (Å²) in [4.78, 5) is 16.4. The number of anilines is 3. The lowest BCUT2D eigenvalue weighted by Gasteiger charge is -2.10. The highest BCUT2D eigenvalue weighted by Gasteiger charge is 2.34. The molecule has 0 aliphatic heterocycles. The van der Waals surface area contributed by atoms with Gasteiger partial charge in [0.1, 0.15) is 11.5 Å². The second-order valence-electron chi connectivity index (χ2n) is 5.88. The molecule has 2 N–H and O–H groups in total. The highest BCUT2D eigenvalue weighted by molar-refractivity contribution is 7.14. The van der Waals surface area contributed by atoms with Gasteiger partial charge >= 0.3 is 6.18 Å². The molecule has 11 heteroatoms. The number of amides is 1. The maximum atomic E-state index is 13.4. The highest BCUT2D eigenvalue weighted by Crippen LogP contribution is 2.34. The summed E-state index contributed by atoms with van der Waals surface area (Å²) in [7, 11) is 3.00. The van der Waals surface area contributed by atoms with E-state index in [0.717, 1.165) is 17.4 Å². The van der Waals surface area contributed by atoms with Crippen molar-refractivity contribution in [2.75, 3.05) is 24.9 Å². The average molecular weight is 441 g/mol. The lowest BCUT2D eigenvalue weighted by Crippen LogP contribution is -2.14. The van der Waals surface area contributed by atoms with Crippen LogP contribution in [0.15, 0.2) is 41.8 Å². The molecule has 1 amide bonds. The monoisotopic (exact) mass is 441 g/mol. The minimum atomic E-state index is -4.87. The van der Waals surface area contributed by atoms with E-state index in [2.05, 4.69) is 15.6 Å². The smallest absolute Gasteiger partial charge is 0.419 e. The summed E-state index contributed by atoms with van der Waals surface area (Å²) in [5.74, 6) is -1.12. The van der Waals surface area contributed by atoms with Gasteiger partial charge in [-0.3, -0.25) is 4.79 Å². The van der Waals surface area contributed by atoms with E-state index in [0.29, 0.717) is 34.5 Å². The number of nitrogens with one attached hydrogen (secondary N) is 2. The normalized spacial score (nSPS) is 11.1. The fraction of sp³-hybridized carbons (Fsp3) is 0.158. The molecule has 3 aromatic rings. The van der Waals surface area contributed by atoms with E-state index in [1.165, 1.54) is 19.6 Å². The number of alkyl halides is 3. The molecule has 0 atom stereocenters. The maximum absolute atomic E-state index is 13.4. The lowest BCUT2D eigenvalue weighted by molar-refractivity contribution is -0.139. The number of hydrogen-bond donors (Lipinski definition) is 2. The standard InChI is InChI=1S/C19H15F4N3O3S/c1-28-15-6-4-11(8-16(15)29-2)25-18-26-14(9-30-18)17(27)24-10-3-5-13(20)12(7-10)19(21,22)23/h3-9H,1-2H3,(H,24,27)(H,25,26). The van der Waals surface area contributed by atoms with Crippen LogP contribution in [0.1, 0.15) is 16.1 Å². The summed E-state index contributed by atoms with van der Waals surface area (Å²) < 4.78 is 62.2. The lowest BCUT2D eigenvalue weighted by atomic mass is 10.2. The Labute approximate surface area is 172 Å². The first-order valence-electron chi connectivity index (χ1n) is 8.34. The zero-order chi connectivity index (χ0) is 21.9. The molecule has 1 aromatic heterocycles. The van der Waals surface area contributed by atoms with Crippen LogP contribution in [0.2, 0.25) is 0 Å².